The van der Waals surface area contributed by atoms with Crippen LogP contribution in [0.1, 0.15) is 75.4 Å². The van der Waals surface area contributed by atoms with Crippen LogP contribution in [0.3, 0.4) is 0 Å². The number of H-pyrrole nitrogens is 1. The van der Waals surface area contributed by atoms with Crippen LogP contribution in [0.5, 0.6) is 0 Å². The molecule has 2 saturated carbocycles. The van der Waals surface area contributed by atoms with Crippen molar-refractivity contribution in [2.24, 2.45) is 17.3 Å². The van der Waals surface area contributed by atoms with E-state index in [1.165, 1.54) is 20.3 Å². The fourth-order valence-corrected chi connectivity index (χ4v) is 10.8. The lowest BCUT2D eigenvalue weighted by Gasteiger charge is -2.41. The van der Waals surface area contributed by atoms with Gasteiger partial charge >= 0.3 is 12.2 Å². The monoisotopic (exact) mass is 848 g/mol. The maximum Gasteiger partial charge on any atom is 0.407 e. The largest absolute Gasteiger partial charge is 0.453 e. The molecule has 324 valence electrons. The van der Waals surface area contributed by atoms with Gasteiger partial charge in [-0.05, 0) is 102 Å². The standard InChI is InChI=1S/C46H50F2N8O6/c1-23(2)38(54-44(60)62-4)42(58)56-28-9-5-27(15-28)39(56)41-51-33-12-8-25(18-34(33)52-41)24-6-10-29-30-11-7-26(17-32(30)46(47,48)31(29)16-24)35-20-49-40(53-35)36-19-45(13-14-45)22-55(36)37(57)21-50-43(59)61-3/h6-8,10-12,16-18,20,23,27-28,36,38-39,41,51-52H,5,9,13-15,19,21-22H2,1-4H3,(H,49,53)(H,50,59)(H,54,60)/t27-,28+,36-,38-,39-,41?/m0/s1. The van der Waals surface area contributed by atoms with Crippen molar-refractivity contribution in [3.8, 4) is 33.5 Å². The molecule has 2 bridgehead atoms. The van der Waals surface area contributed by atoms with Crippen LogP contribution < -0.4 is 21.3 Å². The third-order valence-electron chi connectivity index (χ3n) is 14.2. The number of halogens is 2. The number of likely N-dealkylation sites (tertiary alicyclic amines) is 2. The highest BCUT2D eigenvalue weighted by Crippen LogP contribution is 2.58. The first-order chi connectivity index (χ1) is 29.8. The molecular weight excluding hydrogens is 799 g/mol. The molecule has 4 amide bonds. The van der Waals surface area contributed by atoms with Gasteiger partial charge in [-0.25, -0.2) is 14.6 Å². The first-order valence-electron chi connectivity index (χ1n) is 21.5. The van der Waals surface area contributed by atoms with Crippen molar-refractivity contribution in [2.45, 2.75) is 88.6 Å². The van der Waals surface area contributed by atoms with Crippen LogP contribution in [0.25, 0.3) is 33.5 Å². The van der Waals surface area contributed by atoms with Crippen LogP contribution in [-0.2, 0) is 25.0 Å². The first-order valence-corrected chi connectivity index (χ1v) is 21.5. The Hall–Kier alpha value is -6.19. The number of alkyl halides is 2. The summed E-state index contributed by atoms with van der Waals surface area (Å²) in [7, 11) is 2.53. The zero-order valence-corrected chi connectivity index (χ0v) is 35.0. The van der Waals surface area contributed by atoms with E-state index in [1.54, 1.807) is 35.4 Å². The highest BCUT2D eigenvalue weighted by Gasteiger charge is 2.55. The number of alkyl carbamates (subject to hydrolysis) is 2. The molecule has 4 fully saturated rings. The predicted molar refractivity (Wildman–Crippen MR) is 226 cm³/mol. The minimum atomic E-state index is -3.27. The fourth-order valence-electron chi connectivity index (χ4n) is 10.8. The molecule has 6 aliphatic rings. The Morgan fingerprint density at radius 3 is 2.27 bits per heavy atom. The number of hydrogen-bond acceptors (Lipinski definition) is 9. The Labute approximate surface area is 357 Å². The van der Waals surface area contributed by atoms with Crippen molar-refractivity contribution in [1.29, 1.82) is 0 Å². The molecule has 1 unspecified atom stereocenters. The van der Waals surface area contributed by atoms with Crippen molar-refractivity contribution >= 4 is 35.4 Å². The summed E-state index contributed by atoms with van der Waals surface area (Å²) in [5.74, 6) is -2.90. The average molecular weight is 849 g/mol. The van der Waals surface area contributed by atoms with Gasteiger partial charge in [-0.1, -0.05) is 44.2 Å². The van der Waals surface area contributed by atoms with E-state index in [0.717, 1.165) is 55.5 Å². The minimum Gasteiger partial charge on any atom is -0.453 e. The number of benzene rings is 3. The average Bonchev–Trinajstić information content (AvgIpc) is 3.93. The molecule has 3 aromatic carbocycles. The van der Waals surface area contributed by atoms with Gasteiger partial charge in [-0.3, -0.25) is 9.59 Å². The van der Waals surface area contributed by atoms with Crippen LogP contribution in [0.2, 0.25) is 0 Å². The number of rotatable bonds is 9. The van der Waals surface area contributed by atoms with Gasteiger partial charge in [0.25, 0.3) is 5.92 Å². The van der Waals surface area contributed by atoms with E-state index in [-0.39, 0.29) is 71.0 Å². The summed E-state index contributed by atoms with van der Waals surface area (Å²) in [6, 6.07) is 15.0. The molecule has 2 saturated heterocycles. The van der Waals surface area contributed by atoms with E-state index in [4.69, 9.17) is 9.72 Å². The Morgan fingerprint density at radius 2 is 1.56 bits per heavy atom. The quantitative estimate of drug-likeness (QED) is 0.117. The van der Waals surface area contributed by atoms with Gasteiger partial charge in [0.15, 0.2) is 0 Å². The number of nitrogens with one attached hydrogen (secondary N) is 5. The fraction of sp³-hybridized carbons (Fsp3) is 0.457. The maximum atomic E-state index is 16.6. The number of carbonyl (C=O) groups excluding carboxylic acids is 4. The number of nitrogens with zero attached hydrogens (tertiary/aromatic N) is 3. The van der Waals surface area contributed by atoms with Gasteiger partial charge in [-0.2, -0.15) is 8.78 Å². The van der Waals surface area contributed by atoms with Gasteiger partial charge < -0.3 is 45.5 Å². The van der Waals surface area contributed by atoms with E-state index in [0.29, 0.717) is 40.3 Å². The van der Waals surface area contributed by atoms with Crippen LogP contribution in [0.15, 0.2) is 60.8 Å². The van der Waals surface area contributed by atoms with Crippen molar-refractivity contribution in [1.82, 2.24) is 30.4 Å². The molecule has 5 N–H and O–H groups in total. The number of aromatic amines is 1. The van der Waals surface area contributed by atoms with E-state index in [9.17, 15) is 19.2 Å². The first kappa shape index (κ1) is 39.9. The minimum absolute atomic E-state index is 0.0390. The molecule has 1 spiro atoms. The highest BCUT2D eigenvalue weighted by molar-refractivity contribution is 5.89. The van der Waals surface area contributed by atoms with Crippen LogP contribution in [0, 0.1) is 17.3 Å². The topological polar surface area (TPSA) is 170 Å². The summed E-state index contributed by atoms with van der Waals surface area (Å²) in [5, 5.41) is 12.4. The Morgan fingerprint density at radius 1 is 0.887 bits per heavy atom. The second-order valence-electron chi connectivity index (χ2n) is 18.2. The Balaban J connectivity index is 0.864. The Kier molecular flexibility index (Phi) is 9.48. The molecule has 0 radical (unpaired) electrons. The molecule has 14 nitrogen and oxygen atoms in total. The van der Waals surface area contributed by atoms with Gasteiger partial charge in [0, 0.05) is 35.5 Å². The Bertz CT molecular complexity index is 2500. The van der Waals surface area contributed by atoms with Crippen LogP contribution >= 0.6 is 0 Å². The van der Waals surface area contributed by atoms with Crippen molar-refractivity contribution in [3.63, 3.8) is 0 Å². The van der Waals surface area contributed by atoms with E-state index in [1.807, 2.05) is 43.0 Å². The maximum absolute atomic E-state index is 16.6. The number of hydrogen-bond donors (Lipinski definition) is 5. The zero-order chi connectivity index (χ0) is 43.2. The summed E-state index contributed by atoms with van der Waals surface area (Å²) in [6.45, 7) is 4.18. The van der Waals surface area contributed by atoms with Gasteiger partial charge in [0.05, 0.1) is 43.4 Å². The number of fused-ring (bicyclic) bond motifs is 6. The molecular formula is C46H50F2N8O6. The summed E-state index contributed by atoms with van der Waals surface area (Å²) in [6.07, 6.45) is 5.69. The van der Waals surface area contributed by atoms with Gasteiger partial charge in [0.1, 0.15) is 24.6 Å². The number of ether oxygens (including phenoxy) is 2. The lowest BCUT2D eigenvalue weighted by molar-refractivity contribution is -0.139. The summed E-state index contributed by atoms with van der Waals surface area (Å²) >= 11 is 0. The number of amides is 4. The molecule has 3 aliphatic heterocycles. The second kappa shape index (κ2) is 14.7. The molecule has 62 heavy (non-hydrogen) atoms. The third-order valence-corrected chi connectivity index (χ3v) is 14.2. The van der Waals surface area contributed by atoms with Crippen molar-refractivity contribution in [3.05, 3.63) is 77.7 Å². The lowest BCUT2D eigenvalue weighted by atomic mass is 9.94. The lowest BCUT2D eigenvalue weighted by Crippen LogP contribution is -2.60. The highest BCUT2D eigenvalue weighted by atomic mass is 19.3. The smallest absolute Gasteiger partial charge is 0.407 e. The van der Waals surface area contributed by atoms with Crippen molar-refractivity contribution in [2.75, 3.05) is 37.9 Å². The normalized spacial score (nSPS) is 24.5. The number of anilines is 2. The second-order valence-corrected chi connectivity index (χ2v) is 18.2. The number of imidazole rings is 1. The predicted octanol–water partition coefficient (Wildman–Crippen LogP) is 7.20. The van der Waals surface area contributed by atoms with E-state index < -0.39 is 24.2 Å². The van der Waals surface area contributed by atoms with E-state index >= 15 is 8.78 Å². The van der Waals surface area contributed by atoms with E-state index in [2.05, 4.69) is 31.0 Å². The van der Waals surface area contributed by atoms with Crippen LogP contribution in [-0.4, -0.2) is 95.4 Å². The summed E-state index contributed by atoms with van der Waals surface area (Å²) in [4.78, 5) is 62.9. The SMILES string of the molecule is COC(=O)NCC(=O)N1CC2(CC2)C[C@H]1c1nc(-c2ccc3c(c2)C(F)(F)c2cc(-c4ccc5c(c4)NC([C@@H]4[C@H]6CC[C@H](C6)N4C(=O)[C@@H](NC(=O)OC)C(C)C)N5)ccc2-3)c[nH]1. The number of aromatic nitrogens is 2. The molecule has 3 aliphatic carbocycles. The molecule has 16 heteroatoms. The van der Waals surface area contributed by atoms with Crippen molar-refractivity contribution < 1.29 is 37.4 Å². The number of piperidine rings is 1. The number of carbonyl (C=O) groups is 4. The summed E-state index contributed by atoms with van der Waals surface area (Å²) < 4.78 is 42.6. The van der Waals surface area contributed by atoms with Gasteiger partial charge in [-0.15, -0.1) is 0 Å². The molecule has 10 rings (SSSR count). The summed E-state index contributed by atoms with van der Waals surface area (Å²) in [5.41, 5.74) is 4.96. The molecule has 1 aromatic heterocycles. The van der Waals surface area contributed by atoms with Crippen LogP contribution in [0.4, 0.5) is 29.7 Å². The van der Waals surface area contributed by atoms with Gasteiger partial charge in [0.2, 0.25) is 11.8 Å². The zero-order valence-electron chi connectivity index (χ0n) is 35.0. The third kappa shape index (κ3) is 6.60. The molecule has 4 aromatic rings. The number of methoxy groups -OCH3 is 2. The molecule has 4 heterocycles. The molecule has 6 atom stereocenters.